The minimum Gasteiger partial charge on any atom is -0.354 e. The smallest absolute Gasteiger partial charge is 0.354 e. The molecule has 1 aliphatic heterocycles. The summed E-state index contributed by atoms with van der Waals surface area (Å²) in [7, 11) is 2.04. The molecule has 1 aliphatic rings. The third-order valence-corrected chi connectivity index (χ3v) is 4.65. The van der Waals surface area contributed by atoms with Crippen LogP contribution in [-0.4, -0.2) is 49.0 Å². The number of amides is 1. The van der Waals surface area contributed by atoms with Crippen LogP contribution in [0.1, 0.15) is 21.5 Å². The summed E-state index contributed by atoms with van der Waals surface area (Å²) in [6, 6.07) is 6.51. The van der Waals surface area contributed by atoms with Gasteiger partial charge in [0.05, 0.1) is 5.56 Å². The first-order valence-electron chi connectivity index (χ1n) is 8.88. The molecule has 1 fully saturated rings. The Morgan fingerprint density at radius 3 is 2.54 bits per heavy atom. The van der Waals surface area contributed by atoms with Gasteiger partial charge in [-0.2, -0.15) is 13.2 Å². The Bertz CT molecular complexity index is 848. The first kappa shape index (κ1) is 20.1. The van der Waals surface area contributed by atoms with Crippen LogP contribution in [0.5, 0.6) is 0 Å². The minimum absolute atomic E-state index is 0.0539. The second-order valence-electron chi connectivity index (χ2n) is 6.77. The molecule has 0 bridgehead atoms. The number of alkyl halides is 3. The molecule has 0 radical (unpaired) electrons. The summed E-state index contributed by atoms with van der Waals surface area (Å²) in [6.45, 7) is 3.31. The lowest BCUT2D eigenvalue weighted by molar-refractivity contribution is -0.137. The number of hydrogen-bond donors (Lipinski definition) is 2. The van der Waals surface area contributed by atoms with Crippen molar-refractivity contribution in [3.8, 4) is 0 Å². The van der Waals surface area contributed by atoms with Crippen molar-refractivity contribution in [3.63, 3.8) is 0 Å². The molecule has 1 amide bonds. The third-order valence-electron chi connectivity index (χ3n) is 4.65. The maximum atomic E-state index is 13.1. The van der Waals surface area contributed by atoms with E-state index in [0.29, 0.717) is 11.4 Å². The van der Waals surface area contributed by atoms with E-state index >= 15 is 0 Å². The van der Waals surface area contributed by atoms with Gasteiger partial charge in [0.15, 0.2) is 0 Å². The second kappa shape index (κ2) is 8.15. The van der Waals surface area contributed by atoms with Gasteiger partial charge >= 0.3 is 6.18 Å². The summed E-state index contributed by atoms with van der Waals surface area (Å²) in [5.41, 5.74) is 5.31. The number of likely N-dealkylation sites (N-methyl/N-ethyl adjacent to an activating group) is 1. The summed E-state index contributed by atoms with van der Waals surface area (Å²) in [4.78, 5) is 21.2. The van der Waals surface area contributed by atoms with Crippen molar-refractivity contribution in [2.45, 2.75) is 12.7 Å². The molecule has 3 N–H and O–H groups in total. The Hall–Kier alpha value is -2.65. The topological polar surface area (TPSA) is 74.5 Å². The summed E-state index contributed by atoms with van der Waals surface area (Å²) in [6.07, 6.45) is -2.99. The van der Waals surface area contributed by atoms with E-state index in [1.165, 1.54) is 18.3 Å². The SMILES string of the molecule is CN1CCN(c2cc(C(=O)Nc3cc(CN)cc(C(F)(F)F)c3)ccn2)CC1. The van der Waals surface area contributed by atoms with Gasteiger partial charge in [0, 0.05) is 50.2 Å². The quantitative estimate of drug-likeness (QED) is 0.835. The number of halogens is 3. The summed E-state index contributed by atoms with van der Waals surface area (Å²) < 4.78 is 39.2. The monoisotopic (exact) mass is 393 g/mol. The zero-order valence-electron chi connectivity index (χ0n) is 15.5. The molecule has 1 aromatic carbocycles. The third kappa shape index (κ3) is 4.79. The first-order valence-corrected chi connectivity index (χ1v) is 8.88. The van der Waals surface area contributed by atoms with Crippen molar-refractivity contribution in [3.05, 3.63) is 53.2 Å². The van der Waals surface area contributed by atoms with E-state index in [-0.39, 0.29) is 17.8 Å². The molecule has 2 heterocycles. The Labute approximate surface area is 161 Å². The molecule has 0 atom stereocenters. The Balaban J connectivity index is 1.79. The number of benzene rings is 1. The number of nitrogens with two attached hydrogens (primary N) is 1. The van der Waals surface area contributed by atoms with E-state index in [2.05, 4.69) is 20.1 Å². The molecule has 2 aromatic rings. The Morgan fingerprint density at radius 2 is 1.89 bits per heavy atom. The van der Waals surface area contributed by atoms with Gasteiger partial charge in [0.1, 0.15) is 5.82 Å². The molecule has 150 valence electrons. The molecule has 0 spiro atoms. The zero-order chi connectivity index (χ0) is 20.3. The van der Waals surface area contributed by atoms with Crippen molar-refractivity contribution in [1.82, 2.24) is 9.88 Å². The Morgan fingerprint density at radius 1 is 1.18 bits per heavy atom. The van der Waals surface area contributed by atoms with Crippen LogP contribution in [0.25, 0.3) is 0 Å². The number of nitrogens with one attached hydrogen (secondary N) is 1. The van der Waals surface area contributed by atoms with Crippen LogP contribution in [0.2, 0.25) is 0 Å². The molecule has 3 rings (SSSR count). The number of anilines is 2. The van der Waals surface area contributed by atoms with Gasteiger partial charge in [-0.25, -0.2) is 4.98 Å². The summed E-state index contributed by atoms with van der Waals surface area (Å²) in [5.74, 6) is 0.174. The number of carbonyl (C=O) groups excluding carboxylic acids is 1. The maximum absolute atomic E-state index is 13.1. The van der Waals surface area contributed by atoms with Crippen LogP contribution in [0, 0.1) is 0 Å². The van der Waals surface area contributed by atoms with Crippen LogP contribution in [-0.2, 0) is 12.7 Å². The van der Waals surface area contributed by atoms with Crippen molar-refractivity contribution < 1.29 is 18.0 Å². The molecule has 0 unspecified atom stereocenters. The number of carbonyl (C=O) groups is 1. The van der Waals surface area contributed by atoms with Gasteiger partial charge in [-0.15, -0.1) is 0 Å². The highest BCUT2D eigenvalue weighted by Crippen LogP contribution is 2.32. The van der Waals surface area contributed by atoms with Crippen molar-refractivity contribution in [1.29, 1.82) is 0 Å². The van der Waals surface area contributed by atoms with E-state index in [1.54, 1.807) is 6.07 Å². The lowest BCUT2D eigenvalue weighted by atomic mass is 10.1. The van der Waals surface area contributed by atoms with Crippen LogP contribution in [0.3, 0.4) is 0 Å². The molecular formula is C19H22F3N5O. The minimum atomic E-state index is -4.52. The van der Waals surface area contributed by atoms with E-state index in [9.17, 15) is 18.0 Å². The fourth-order valence-corrected chi connectivity index (χ4v) is 3.02. The molecule has 0 aliphatic carbocycles. The number of aromatic nitrogens is 1. The van der Waals surface area contributed by atoms with Gasteiger partial charge in [-0.05, 0) is 42.9 Å². The van der Waals surface area contributed by atoms with Crippen molar-refractivity contribution >= 4 is 17.4 Å². The average molecular weight is 393 g/mol. The molecule has 9 heteroatoms. The van der Waals surface area contributed by atoms with Crippen LogP contribution < -0.4 is 16.0 Å². The molecule has 1 saturated heterocycles. The normalized spacial score (nSPS) is 15.5. The van der Waals surface area contributed by atoms with Gasteiger partial charge in [0.2, 0.25) is 0 Å². The highest BCUT2D eigenvalue weighted by Gasteiger charge is 2.31. The fourth-order valence-electron chi connectivity index (χ4n) is 3.02. The van der Waals surface area contributed by atoms with Crippen molar-refractivity contribution in [2.75, 3.05) is 43.4 Å². The van der Waals surface area contributed by atoms with Crippen LogP contribution in [0.15, 0.2) is 36.5 Å². The summed E-state index contributed by atoms with van der Waals surface area (Å²) in [5, 5.41) is 2.53. The molecular weight excluding hydrogens is 371 g/mol. The predicted octanol–water partition coefficient (Wildman–Crippen LogP) is 2.56. The van der Waals surface area contributed by atoms with Gasteiger partial charge in [-0.3, -0.25) is 4.79 Å². The number of piperazine rings is 1. The average Bonchev–Trinajstić information content (AvgIpc) is 2.67. The maximum Gasteiger partial charge on any atom is 0.416 e. The lowest BCUT2D eigenvalue weighted by Crippen LogP contribution is -2.44. The molecule has 1 aromatic heterocycles. The van der Waals surface area contributed by atoms with Crippen LogP contribution in [0.4, 0.5) is 24.7 Å². The number of pyridine rings is 1. The first-order chi connectivity index (χ1) is 13.3. The van der Waals surface area contributed by atoms with Gasteiger partial charge in [0.25, 0.3) is 5.91 Å². The fraction of sp³-hybridized carbons (Fsp3) is 0.368. The van der Waals surface area contributed by atoms with Gasteiger partial charge < -0.3 is 20.9 Å². The van der Waals surface area contributed by atoms with E-state index in [0.717, 1.165) is 38.3 Å². The number of hydrogen-bond acceptors (Lipinski definition) is 5. The molecule has 0 saturated carbocycles. The largest absolute Gasteiger partial charge is 0.416 e. The van der Waals surface area contributed by atoms with Crippen LogP contribution >= 0.6 is 0 Å². The zero-order valence-corrected chi connectivity index (χ0v) is 15.5. The lowest BCUT2D eigenvalue weighted by Gasteiger charge is -2.33. The number of nitrogens with zero attached hydrogens (tertiary/aromatic N) is 3. The predicted molar refractivity (Wildman–Crippen MR) is 101 cm³/mol. The van der Waals surface area contributed by atoms with Gasteiger partial charge in [-0.1, -0.05) is 0 Å². The van der Waals surface area contributed by atoms with Crippen molar-refractivity contribution in [2.24, 2.45) is 5.73 Å². The standard InChI is InChI=1S/C19H22F3N5O/c1-26-4-6-27(7-5-26)17-10-14(2-3-24-17)18(28)25-16-9-13(12-23)8-15(11-16)19(20,21)22/h2-3,8-11H,4-7,12,23H2,1H3,(H,25,28). The summed E-state index contributed by atoms with van der Waals surface area (Å²) >= 11 is 0. The second-order valence-corrected chi connectivity index (χ2v) is 6.77. The van der Waals surface area contributed by atoms with E-state index in [1.807, 2.05) is 7.05 Å². The molecule has 28 heavy (non-hydrogen) atoms. The highest BCUT2D eigenvalue weighted by molar-refractivity contribution is 6.04. The number of rotatable bonds is 4. The molecule has 6 nitrogen and oxygen atoms in total. The highest BCUT2D eigenvalue weighted by atomic mass is 19.4. The Kier molecular flexibility index (Phi) is 5.85. The van der Waals surface area contributed by atoms with E-state index in [4.69, 9.17) is 5.73 Å². The van der Waals surface area contributed by atoms with E-state index < -0.39 is 17.6 Å².